The highest BCUT2D eigenvalue weighted by molar-refractivity contribution is 5.41. The lowest BCUT2D eigenvalue weighted by molar-refractivity contribution is 0.135. The summed E-state index contributed by atoms with van der Waals surface area (Å²) in [6.07, 6.45) is 6.19. The summed E-state index contributed by atoms with van der Waals surface area (Å²) in [4.78, 5) is 0. The Kier molecular flexibility index (Phi) is 4.43. The molecule has 1 aromatic carbocycles. The SMILES string of the molecule is CCC(O)CCOc1cccc2c1CCCC2. The molecule has 1 aliphatic rings. The van der Waals surface area contributed by atoms with Gasteiger partial charge in [0.2, 0.25) is 0 Å². The van der Waals surface area contributed by atoms with Crippen LogP contribution in [0.25, 0.3) is 0 Å². The minimum Gasteiger partial charge on any atom is -0.493 e. The van der Waals surface area contributed by atoms with Crippen molar-refractivity contribution in [3.63, 3.8) is 0 Å². The second kappa shape index (κ2) is 6.06. The molecule has 0 bridgehead atoms. The number of benzene rings is 1. The van der Waals surface area contributed by atoms with Gasteiger partial charge in [-0.15, -0.1) is 0 Å². The molecule has 1 atom stereocenters. The molecule has 2 nitrogen and oxygen atoms in total. The van der Waals surface area contributed by atoms with Crippen LogP contribution in [0.15, 0.2) is 18.2 Å². The largest absolute Gasteiger partial charge is 0.493 e. The van der Waals surface area contributed by atoms with E-state index >= 15 is 0 Å². The van der Waals surface area contributed by atoms with Crippen molar-refractivity contribution in [3.8, 4) is 5.75 Å². The van der Waals surface area contributed by atoms with Crippen LogP contribution in [0, 0.1) is 0 Å². The van der Waals surface area contributed by atoms with Gasteiger partial charge in [0.1, 0.15) is 5.75 Å². The summed E-state index contributed by atoms with van der Waals surface area (Å²) in [5.74, 6) is 1.03. The van der Waals surface area contributed by atoms with E-state index in [2.05, 4.69) is 18.2 Å². The number of aliphatic hydroxyl groups is 1. The summed E-state index contributed by atoms with van der Waals surface area (Å²) >= 11 is 0. The van der Waals surface area contributed by atoms with Gasteiger partial charge in [0.25, 0.3) is 0 Å². The van der Waals surface area contributed by atoms with E-state index in [1.807, 2.05) is 6.92 Å². The minimum atomic E-state index is -0.227. The van der Waals surface area contributed by atoms with E-state index in [9.17, 15) is 5.11 Å². The molecular formula is C15H22O2. The average Bonchev–Trinajstić information content (AvgIpc) is 2.39. The van der Waals surface area contributed by atoms with E-state index in [4.69, 9.17) is 4.74 Å². The van der Waals surface area contributed by atoms with Crippen LogP contribution in [0.4, 0.5) is 0 Å². The van der Waals surface area contributed by atoms with E-state index in [1.54, 1.807) is 0 Å². The van der Waals surface area contributed by atoms with Gasteiger partial charge in [0.15, 0.2) is 0 Å². The van der Waals surface area contributed by atoms with Crippen molar-refractivity contribution in [1.82, 2.24) is 0 Å². The van der Waals surface area contributed by atoms with Crippen LogP contribution < -0.4 is 4.74 Å². The maximum atomic E-state index is 9.49. The van der Waals surface area contributed by atoms with Crippen LogP contribution in [0.5, 0.6) is 5.75 Å². The normalized spacial score (nSPS) is 16.4. The molecule has 1 unspecified atom stereocenters. The first-order valence-corrected chi connectivity index (χ1v) is 6.73. The first kappa shape index (κ1) is 12.4. The highest BCUT2D eigenvalue weighted by Crippen LogP contribution is 2.29. The Morgan fingerprint density at radius 1 is 1.29 bits per heavy atom. The quantitative estimate of drug-likeness (QED) is 0.848. The summed E-state index contributed by atoms with van der Waals surface area (Å²) in [5, 5.41) is 9.49. The van der Waals surface area contributed by atoms with Crippen LogP contribution in [-0.4, -0.2) is 17.8 Å². The van der Waals surface area contributed by atoms with Crippen LogP contribution in [-0.2, 0) is 12.8 Å². The molecule has 0 radical (unpaired) electrons. The maximum absolute atomic E-state index is 9.49. The summed E-state index contributed by atoms with van der Waals surface area (Å²) < 4.78 is 5.82. The van der Waals surface area contributed by atoms with E-state index in [1.165, 1.54) is 30.4 Å². The van der Waals surface area contributed by atoms with Crippen molar-refractivity contribution in [2.75, 3.05) is 6.61 Å². The monoisotopic (exact) mass is 234 g/mol. The van der Waals surface area contributed by atoms with Gasteiger partial charge in [0, 0.05) is 6.42 Å². The number of aryl methyl sites for hydroxylation is 1. The first-order valence-electron chi connectivity index (χ1n) is 6.73. The Balaban J connectivity index is 1.96. The molecule has 1 aromatic rings. The van der Waals surface area contributed by atoms with Crippen LogP contribution >= 0.6 is 0 Å². The predicted molar refractivity (Wildman–Crippen MR) is 69.5 cm³/mol. The van der Waals surface area contributed by atoms with Crippen LogP contribution in [0.1, 0.15) is 43.7 Å². The Hall–Kier alpha value is -1.02. The summed E-state index contributed by atoms with van der Waals surface area (Å²) in [7, 11) is 0. The zero-order valence-corrected chi connectivity index (χ0v) is 10.6. The Morgan fingerprint density at radius 3 is 2.94 bits per heavy atom. The Morgan fingerprint density at radius 2 is 2.12 bits per heavy atom. The molecule has 0 amide bonds. The number of ether oxygens (including phenoxy) is 1. The molecule has 1 aliphatic carbocycles. The summed E-state index contributed by atoms with van der Waals surface area (Å²) in [6.45, 7) is 2.61. The Labute approximate surface area is 104 Å². The molecule has 94 valence electrons. The van der Waals surface area contributed by atoms with Gasteiger partial charge >= 0.3 is 0 Å². The molecule has 0 fully saturated rings. The highest BCUT2D eigenvalue weighted by atomic mass is 16.5. The van der Waals surface area contributed by atoms with Gasteiger partial charge < -0.3 is 9.84 Å². The van der Waals surface area contributed by atoms with Gasteiger partial charge in [-0.3, -0.25) is 0 Å². The molecule has 0 aromatic heterocycles. The fourth-order valence-corrected chi connectivity index (χ4v) is 2.39. The molecular weight excluding hydrogens is 212 g/mol. The van der Waals surface area contributed by atoms with E-state index in [0.29, 0.717) is 6.61 Å². The van der Waals surface area contributed by atoms with Gasteiger partial charge in [-0.2, -0.15) is 0 Å². The fraction of sp³-hybridized carbons (Fsp3) is 0.600. The number of aliphatic hydroxyl groups excluding tert-OH is 1. The lowest BCUT2D eigenvalue weighted by Crippen LogP contribution is -2.12. The molecule has 2 rings (SSSR count). The second-order valence-electron chi connectivity index (χ2n) is 4.80. The third kappa shape index (κ3) is 3.22. The Bertz CT molecular complexity index is 360. The van der Waals surface area contributed by atoms with Crippen molar-refractivity contribution in [2.45, 2.75) is 51.6 Å². The highest BCUT2D eigenvalue weighted by Gasteiger charge is 2.13. The molecule has 17 heavy (non-hydrogen) atoms. The second-order valence-corrected chi connectivity index (χ2v) is 4.80. The minimum absolute atomic E-state index is 0.227. The van der Waals surface area contributed by atoms with Gasteiger partial charge in [-0.25, -0.2) is 0 Å². The smallest absolute Gasteiger partial charge is 0.122 e. The third-order valence-corrected chi connectivity index (χ3v) is 3.53. The van der Waals surface area contributed by atoms with Gasteiger partial charge in [-0.1, -0.05) is 19.1 Å². The lowest BCUT2D eigenvalue weighted by atomic mass is 9.91. The molecule has 2 heteroatoms. The topological polar surface area (TPSA) is 29.5 Å². The van der Waals surface area contributed by atoms with Gasteiger partial charge in [-0.05, 0) is 49.3 Å². The predicted octanol–water partition coefficient (Wildman–Crippen LogP) is 3.11. The van der Waals surface area contributed by atoms with Crippen LogP contribution in [0.3, 0.4) is 0 Å². The van der Waals surface area contributed by atoms with Crippen molar-refractivity contribution < 1.29 is 9.84 Å². The van der Waals surface area contributed by atoms with Crippen molar-refractivity contribution in [1.29, 1.82) is 0 Å². The van der Waals surface area contributed by atoms with Crippen molar-refractivity contribution >= 4 is 0 Å². The van der Waals surface area contributed by atoms with Gasteiger partial charge in [0.05, 0.1) is 12.7 Å². The van der Waals surface area contributed by atoms with E-state index < -0.39 is 0 Å². The molecule has 0 heterocycles. The zero-order chi connectivity index (χ0) is 12.1. The lowest BCUT2D eigenvalue weighted by Gasteiger charge is -2.19. The number of hydrogen-bond acceptors (Lipinski definition) is 2. The van der Waals surface area contributed by atoms with E-state index in [0.717, 1.165) is 25.0 Å². The maximum Gasteiger partial charge on any atom is 0.122 e. The number of hydrogen-bond donors (Lipinski definition) is 1. The van der Waals surface area contributed by atoms with Crippen LogP contribution in [0.2, 0.25) is 0 Å². The van der Waals surface area contributed by atoms with Crippen molar-refractivity contribution in [2.24, 2.45) is 0 Å². The summed E-state index contributed by atoms with van der Waals surface area (Å²) in [5.41, 5.74) is 2.84. The average molecular weight is 234 g/mol. The zero-order valence-electron chi connectivity index (χ0n) is 10.6. The molecule has 0 spiro atoms. The van der Waals surface area contributed by atoms with Crippen molar-refractivity contribution in [3.05, 3.63) is 29.3 Å². The fourth-order valence-electron chi connectivity index (χ4n) is 2.39. The first-order chi connectivity index (χ1) is 8.31. The number of rotatable bonds is 5. The molecule has 0 aliphatic heterocycles. The standard InChI is InChI=1S/C15H22O2/c1-2-13(16)10-11-17-15-9-5-7-12-6-3-4-8-14(12)15/h5,7,9,13,16H,2-4,6,8,10-11H2,1H3. The molecule has 0 saturated heterocycles. The molecule has 0 saturated carbocycles. The number of fused-ring (bicyclic) bond motifs is 1. The van der Waals surface area contributed by atoms with E-state index in [-0.39, 0.29) is 6.10 Å². The molecule has 1 N–H and O–H groups in total. The third-order valence-electron chi connectivity index (χ3n) is 3.53. The summed E-state index contributed by atoms with van der Waals surface area (Å²) in [6, 6.07) is 6.35.